The molecule has 2 rings (SSSR count). The van der Waals surface area contributed by atoms with E-state index in [0.29, 0.717) is 12.1 Å². The Balaban J connectivity index is 1.66. The minimum Gasteiger partial charge on any atom is -0.379 e. The Morgan fingerprint density at radius 3 is 2.91 bits per heavy atom. The lowest BCUT2D eigenvalue weighted by molar-refractivity contribution is -0.0175. The third-order valence-electron chi connectivity index (χ3n) is 4.74. The number of hydrogen-bond donors (Lipinski definition) is 1. The predicted molar refractivity (Wildman–Crippen MR) is 94.0 cm³/mol. The van der Waals surface area contributed by atoms with Crippen LogP contribution >= 0.6 is 0 Å². The Labute approximate surface area is 141 Å². The SMILES string of the molecule is CN=C(NCC(C)N1CCOCC1C)N(C)CCOCC1CC1. The van der Waals surface area contributed by atoms with Crippen LogP contribution in [0.5, 0.6) is 0 Å². The molecule has 23 heavy (non-hydrogen) atoms. The van der Waals surface area contributed by atoms with Gasteiger partial charge < -0.3 is 19.7 Å². The van der Waals surface area contributed by atoms with E-state index in [-0.39, 0.29) is 0 Å². The van der Waals surface area contributed by atoms with E-state index in [0.717, 1.165) is 57.9 Å². The van der Waals surface area contributed by atoms with Crippen molar-refractivity contribution in [3.8, 4) is 0 Å². The Morgan fingerprint density at radius 1 is 1.48 bits per heavy atom. The van der Waals surface area contributed by atoms with Crippen LogP contribution in [0.2, 0.25) is 0 Å². The Kier molecular flexibility index (Phi) is 7.59. The molecule has 2 aliphatic rings. The molecular formula is C17H34N4O2. The van der Waals surface area contributed by atoms with E-state index in [1.807, 2.05) is 7.05 Å². The number of rotatable bonds is 8. The molecule has 0 amide bonds. The van der Waals surface area contributed by atoms with Crippen molar-refractivity contribution in [1.82, 2.24) is 15.1 Å². The van der Waals surface area contributed by atoms with Gasteiger partial charge in [0, 0.05) is 52.4 Å². The van der Waals surface area contributed by atoms with E-state index in [2.05, 4.69) is 41.0 Å². The van der Waals surface area contributed by atoms with Crippen molar-refractivity contribution < 1.29 is 9.47 Å². The van der Waals surface area contributed by atoms with Crippen molar-refractivity contribution in [3.05, 3.63) is 0 Å². The van der Waals surface area contributed by atoms with Crippen LogP contribution in [0.1, 0.15) is 26.7 Å². The van der Waals surface area contributed by atoms with Gasteiger partial charge in [-0.25, -0.2) is 0 Å². The first kappa shape index (κ1) is 18.5. The fraction of sp³-hybridized carbons (Fsp3) is 0.941. The zero-order valence-electron chi connectivity index (χ0n) is 15.3. The van der Waals surface area contributed by atoms with Crippen LogP contribution in [0.4, 0.5) is 0 Å². The van der Waals surface area contributed by atoms with Crippen LogP contribution in [-0.4, -0.2) is 88.0 Å². The first-order valence-corrected chi connectivity index (χ1v) is 8.94. The van der Waals surface area contributed by atoms with Gasteiger partial charge in [-0.2, -0.15) is 0 Å². The van der Waals surface area contributed by atoms with Crippen molar-refractivity contribution >= 4 is 5.96 Å². The number of hydrogen-bond acceptors (Lipinski definition) is 4. The Bertz CT molecular complexity index is 374. The summed E-state index contributed by atoms with van der Waals surface area (Å²) in [6.07, 6.45) is 2.69. The minimum atomic E-state index is 0.463. The quantitative estimate of drug-likeness (QED) is 0.410. The number of likely N-dealkylation sites (N-methyl/N-ethyl adjacent to an activating group) is 1. The van der Waals surface area contributed by atoms with Gasteiger partial charge >= 0.3 is 0 Å². The van der Waals surface area contributed by atoms with Crippen LogP contribution in [0, 0.1) is 5.92 Å². The van der Waals surface area contributed by atoms with Gasteiger partial charge in [-0.1, -0.05) is 0 Å². The van der Waals surface area contributed by atoms with Crippen molar-refractivity contribution in [3.63, 3.8) is 0 Å². The van der Waals surface area contributed by atoms with Crippen LogP contribution < -0.4 is 5.32 Å². The molecule has 1 heterocycles. The number of nitrogens with zero attached hydrogens (tertiary/aromatic N) is 3. The average molecular weight is 326 g/mol. The van der Waals surface area contributed by atoms with Gasteiger partial charge in [0.25, 0.3) is 0 Å². The monoisotopic (exact) mass is 326 g/mol. The summed E-state index contributed by atoms with van der Waals surface area (Å²) in [5.74, 6) is 1.77. The lowest BCUT2D eigenvalue weighted by atomic mass is 10.2. The van der Waals surface area contributed by atoms with E-state index in [9.17, 15) is 0 Å². The maximum atomic E-state index is 5.71. The molecule has 2 fully saturated rings. The van der Waals surface area contributed by atoms with E-state index in [1.165, 1.54) is 12.8 Å². The van der Waals surface area contributed by atoms with Gasteiger partial charge in [0.15, 0.2) is 5.96 Å². The van der Waals surface area contributed by atoms with Gasteiger partial charge in [-0.15, -0.1) is 0 Å². The molecule has 0 bridgehead atoms. The summed E-state index contributed by atoms with van der Waals surface area (Å²) in [6.45, 7) is 10.6. The molecule has 6 nitrogen and oxygen atoms in total. The van der Waals surface area contributed by atoms with Crippen LogP contribution in [0.15, 0.2) is 4.99 Å². The molecule has 0 spiro atoms. The smallest absolute Gasteiger partial charge is 0.193 e. The fourth-order valence-corrected chi connectivity index (χ4v) is 2.98. The first-order chi connectivity index (χ1) is 11.1. The van der Waals surface area contributed by atoms with Crippen LogP contribution in [0.25, 0.3) is 0 Å². The standard InChI is InChI=1S/C17H34N4O2/c1-14(21-8-10-22-12-15(21)2)11-19-17(18-3)20(4)7-9-23-13-16-5-6-16/h14-16H,5-13H2,1-4H3,(H,18,19). The highest BCUT2D eigenvalue weighted by molar-refractivity contribution is 5.79. The van der Waals surface area contributed by atoms with Gasteiger partial charge in [0.05, 0.1) is 19.8 Å². The van der Waals surface area contributed by atoms with Crippen LogP contribution in [0.3, 0.4) is 0 Å². The van der Waals surface area contributed by atoms with E-state index in [1.54, 1.807) is 0 Å². The van der Waals surface area contributed by atoms with Crippen molar-refractivity contribution in [2.75, 3.05) is 60.2 Å². The number of morpholine rings is 1. The molecule has 0 aromatic carbocycles. The zero-order valence-corrected chi connectivity index (χ0v) is 15.3. The Morgan fingerprint density at radius 2 is 2.26 bits per heavy atom. The third kappa shape index (κ3) is 6.28. The summed E-state index contributed by atoms with van der Waals surface area (Å²) in [6, 6.07) is 0.946. The average Bonchev–Trinajstić information content (AvgIpc) is 3.36. The largest absolute Gasteiger partial charge is 0.379 e. The summed E-state index contributed by atoms with van der Waals surface area (Å²) in [4.78, 5) is 9.03. The number of guanidine groups is 1. The Hall–Kier alpha value is -0.850. The maximum absolute atomic E-state index is 5.71. The second-order valence-electron chi connectivity index (χ2n) is 6.88. The molecule has 1 saturated heterocycles. The van der Waals surface area contributed by atoms with Crippen molar-refractivity contribution in [1.29, 1.82) is 0 Å². The molecule has 6 heteroatoms. The van der Waals surface area contributed by atoms with Crippen molar-refractivity contribution in [2.24, 2.45) is 10.9 Å². The molecule has 134 valence electrons. The highest BCUT2D eigenvalue weighted by atomic mass is 16.5. The molecule has 1 aliphatic heterocycles. The minimum absolute atomic E-state index is 0.463. The predicted octanol–water partition coefficient (Wildman–Crippen LogP) is 1.03. The second-order valence-corrected chi connectivity index (χ2v) is 6.88. The molecule has 0 aromatic rings. The topological polar surface area (TPSA) is 49.3 Å². The van der Waals surface area contributed by atoms with E-state index >= 15 is 0 Å². The normalized spacial score (nSPS) is 24.5. The lowest BCUT2D eigenvalue weighted by Crippen LogP contribution is -2.53. The summed E-state index contributed by atoms with van der Waals surface area (Å²) in [7, 11) is 3.91. The first-order valence-electron chi connectivity index (χ1n) is 8.94. The van der Waals surface area contributed by atoms with E-state index < -0.39 is 0 Å². The molecule has 1 saturated carbocycles. The van der Waals surface area contributed by atoms with Gasteiger partial charge in [-0.05, 0) is 32.6 Å². The summed E-state index contributed by atoms with van der Waals surface area (Å²) in [5.41, 5.74) is 0. The van der Waals surface area contributed by atoms with Gasteiger partial charge in [0.1, 0.15) is 0 Å². The molecule has 0 aromatic heterocycles. The zero-order chi connectivity index (χ0) is 16.7. The van der Waals surface area contributed by atoms with Gasteiger partial charge in [-0.3, -0.25) is 9.89 Å². The number of nitrogens with one attached hydrogen (secondary N) is 1. The van der Waals surface area contributed by atoms with Gasteiger partial charge in [0.2, 0.25) is 0 Å². The molecule has 1 N–H and O–H groups in total. The summed E-state index contributed by atoms with van der Waals surface area (Å²) < 4.78 is 11.2. The summed E-state index contributed by atoms with van der Waals surface area (Å²) >= 11 is 0. The lowest BCUT2D eigenvalue weighted by Gasteiger charge is -2.38. The fourth-order valence-electron chi connectivity index (χ4n) is 2.98. The molecule has 2 atom stereocenters. The number of aliphatic imine (C=N–C) groups is 1. The molecule has 2 unspecified atom stereocenters. The highest BCUT2D eigenvalue weighted by Gasteiger charge is 2.24. The van der Waals surface area contributed by atoms with E-state index in [4.69, 9.17) is 9.47 Å². The molecular weight excluding hydrogens is 292 g/mol. The number of ether oxygens (including phenoxy) is 2. The second kappa shape index (κ2) is 9.45. The molecule has 1 aliphatic carbocycles. The van der Waals surface area contributed by atoms with Crippen molar-refractivity contribution in [2.45, 2.75) is 38.8 Å². The molecule has 0 radical (unpaired) electrons. The third-order valence-corrected chi connectivity index (χ3v) is 4.74. The van der Waals surface area contributed by atoms with Crippen LogP contribution in [-0.2, 0) is 9.47 Å². The highest BCUT2D eigenvalue weighted by Crippen LogP contribution is 2.28. The summed E-state index contributed by atoms with van der Waals surface area (Å²) in [5, 5.41) is 3.49. The maximum Gasteiger partial charge on any atom is 0.193 e.